The Morgan fingerprint density at radius 3 is 1.89 bits per heavy atom. The third-order valence-electron chi connectivity index (χ3n) is 3.65. The molecule has 0 radical (unpaired) electrons. The minimum atomic E-state index is 0.434. The first-order valence-corrected chi connectivity index (χ1v) is 7.71. The van der Waals surface area contributed by atoms with Crippen molar-refractivity contribution in [3.63, 3.8) is 0 Å². The molecule has 0 amide bonds. The van der Waals surface area contributed by atoms with Crippen molar-refractivity contribution in [1.82, 2.24) is 5.32 Å². The molecule has 1 nitrogen and oxygen atoms in total. The summed E-state index contributed by atoms with van der Waals surface area (Å²) >= 11 is 0. The number of benzene rings is 1. The number of hydrogen-bond donors (Lipinski definition) is 1. The van der Waals surface area contributed by atoms with Crippen LogP contribution in [0.3, 0.4) is 0 Å². The zero-order chi connectivity index (χ0) is 14.4. The van der Waals surface area contributed by atoms with E-state index in [4.69, 9.17) is 0 Å². The quantitative estimate of drug-likeness (QED) is 0.719. The molecular formula is C18H31N. The Kier molecular flexibility index (Phi) is 6.57. The van der Waals surface area contributed by atoms with Crippen molar-refractivity contribution in [1.29, 1.82) is 0 Å². The van der Waals surface area contributed by atoms with Gasteiger partial charge in [-0.05, 0) is 49.7 Å². The van der Waals surface area contributed by atoms with Gasteiger partial charge in [-0.1, -0.05) is 52.0 Å². The molecule has 19 heavy (non-hydrogen) atoms. The highest BCUT2D eigenvalue weighted by molar-refractivity contribution is 5.28. The van der Waals surface area contributed by atoms with E-state index in [1.54, 1.807) is 0 Å². The molecule has 1 aromatic rings. The van der Waals surface area contributed by atoms with E-state index < -0.39 is 0 Å². The van der Waals surface area contributed by atoms with Crippen LogP contribution in [0, 0.1) is 18.8 Å². The van der Waals surface area contributed by atoms with Crippen LogP contribution in [0.5, 0.6) is 0 Å². The van der Waals surface area contributed by atoms with Gasteiger partial charge in [-0.2, -0.15) is 0 Å². The first-order valence-electron chi connectivity index (χ1n) is 7.71. The van der Waals surface area contributed by atoms with Gasteiger partial charge in [0.2, 0.25) is 0 Å². The summed E-state index contributed by atoms with van der Waals surface area (Å²) in [5.41, 5.74) is 2.82. The summed E-state index contributed by atoms with van der Waals surface area (Å²) in [6.45, 7) is 13.7. The fraction of sp³-hybridized carbons (Fsp3) is 0.667. The second-order valence-corrected chi connectivity index (χ2v) is 6.70. The third-order valence-corrected chi connectivity index (χ3v) is 3.65. The minimum Gasteiger partial charge on any atom is -0.307 e. The van der Waals surface area contributed by atoms with Crippen molar-refractivity contribution in [3.8, 4) is 0 Å². The molecule has 1 atom stereocenters. The van der Waals surface area contributed by atoms with Gasteiger partial charge >= 0.3 is 0 Å². The van der Waals surface area contributed by atoms with Gasteiger partial charge in [0, 0.05) is 12.1 Å². The molecule has 1 N–H and O–H groups in total. The van der Waals surface area contributed by atoms with Crippen molar-refractivity contribution in [2.75, 3.05) is 0 Å². The van der Waals surface area contributed by atoms with E-state index in [0.717, 1.165) is 11.8 Å². The van der Waals surface area contributed by atoms with Gasteiger partial charge < -0.3 is 5.32 Å². The van der Waals surface area contributed by atoms with Crippen LogP contribution in [-0.4, -0.2) is 6.04 Å². The summed E-state index contributed by atoms with van der Waals surface area (Å²) in [6.07, 6.45) is 2.52. The monoisotopic (exact) mass is 261 g/mol. The Morgan fingerprint density at radius 1 is 0.895 bits per heavy atom. The predicted octanol–water partition coefficient (Wildman–Crippen LogP) is 5.11. The molecule has 0 saturated heterocycles. The van der Waals surface area contributed by atoms with Crippen LogP contribution in [0.2, 0.25) is 0 Å². The Morgan fingerprint density at radius 2 is 1.42 bits per heavy atom. The van der Waals surface area contributed by atoms with E-state index in [-0.39, 0.29) is 0 Å². The number of nitrogens with one attached hydrogen (secondary N) is 1. The van der Waals surface area contributed by atoms with Crippen LogP contribution in [0.15, 0.2) is 24.3 Å². The van der Waals surface area contributed by atoms with Gasteiger partial charge in [0.1, 0.15) is 0 Å². The normalized spacial score (nSPS) is 13.5. The van der Waals surface area contributed by atoms with Crippen molar-refractivity contribution < 1.29 is 0 Å². The van der Waals surface area contributed by atoms with Crippen LogP contribution in [-0.2, 0) is 0 Å². The molecule has 0 spiro atoms. The summed E-state index contributed by atoms with van der Waals surface area (Å²) in [5.74, 6) is 1.50. The largest absolute Gasteiger partial charge is 0.307 e. The van der Waals surface area contributed by atoms with Gasteiger partial charge in [0.25, 0.3) is 0 Å². The maximum Gasteiger partial charge on any atom is 0.0296 e. The molecule has 0 unspecified atom stereocenters. The molecule has 0 saturated carbocycles. The standard InChI is InChI=1S/C18H31N/c1-13(2)11-17(12-14(3)4)19-16(6)18-10-8-7-9-15(18)5/h7-10,13-14,16-17,19H,11-12H2,1-6H3/t16-/m1/s1. The van der Waals surface area contributed by atoms with E-state index in [1.807, 2.05) is 0 Å². The van der Waals surface area contributed by atoms with E-state index in [9.17, 15) is 0 Å². The average molecular weight is 261 g/mol. The second-order valence-electron chi connectivity index (χ2n) is 6.70. The highest BCUT2D eigenvalue weighted by atomic mass is 14.9. The van der Waals surface area contributed by atoms with Crippen molar-refractivity contribution in [2.45, 2.75) is 66.5 Å². The Labute approximate surface area is 119 Å². The van der Waals surface area contributed by atoms with Gasteiger partial charge in [0.05, 0.1) is 0 Å². The first-order chi connectivity index (χ1) is 8.90. The maximum atomic E-state index is 3.84. The van der Waals surface area contributed by atoms with Gasteiger partial charge in [-0.3, -0.25) is 0 Å². The van der Waals surface area contributed by atoms with Gasteiger partial charge in [-0.15, -0.1) is 0 Å². The topological polar surface area (TPSA) is 12.0 Å². The lowest BCUT2D eigenvalue weighted by atomic mass is 9.93. The van der Waals surface area contributed by atoms with Crippen LogP contribution in [0.1, 0.15) is 64.6 Å². The van der Waals surface area contributed by atoms with Crippen molar-refractivity contribution in [2.24, 2.45) is 11.8 Å². The molecule has 108 valence electrons. The molecule has 1 rings (SSSR count). The average Bonchev–Trinajstić information content (AvgIpc) is 2.27. The van der Waals surface area contributed by atoms with Gasteiger partial charge in [0.15, 0.2) is 0 Å². The van der Waals surface area contributed by atoms with Gasteiger partial charge in [-0.25, -0.2) is 0 Å². The highest BCUT2D eigenvalue weighted by Crippen LogP contribution is 2.21. The summed E-state index contributed by atoms with van der Waals surface area (Å²) in [5, 5.41) is 3.84. The summed E-state index contributed by atoms with van der Waals surface area (Å²) in [4.78, 5) is 0. The van der Waals surface area contributed by atoms with E-state index in [2.05, 4.69) is 71.1 Å². The lowest BCUT2D eigenvalue weighted by Crippen LogP contribution is -2.34. The Balaban J connectivity index is 2.70. The fourth-order valence-corrected chi connectivity index (χ4v) is 2.89. The summed E-state index contributed by atoms with van der Waals surface area (Å²) in [6, 6.07) is 9.76. The fourth-order valence-electron chi connectivity index (χ4n) is 2.89. The highest BCUT2D eigenvalue weighted by Gasteiger charge is 2.16. The van der Waals surface area contributed by atoms with E-state index in [0.29, 0.717) is 12.1 Å². The zero-order valence-corrected chi connectivity index (χ0v) is 13.5. The van der Waals surface area contributed by atoms with Crippen LogP contribution < -0.4 is 5.32 Å². The molecule has 0 aliphatic rings. The van der Waals surface area contributed by atoms with Crippen molar-refractivity contribution >= 4 is 0 Å². The number of aryl methyl sites for hydroxylation is 1. The van der Waals surface area contributed by atoms with Crippen LogP contribution in [0.25, 0.3) is 0 Å². The Hall–Kier alpha value is -0.820. The molecule has 1 heteroatoms. The summed E-state index contributed by atoms with van der Waals surface area (Å²) < 4.78 is 0. The lowest BCUT2D eigenvalue weighted by molar-refractivity contribution is 0.335. The first kappa shape index (κ1) is 16.2. The zero-order valence-electron chi connectivity index (χ0n) is 13.5. The SMILES string of the molecule is Cc1ccccc1[C@@H](C)NC(CC(C)C)CC(C)C. The number of rotatable bonds is 7. The maximum absolute atomic E-state index is 3.84. The summed E-state index contributed by atoms with van der Waals surface area (Å²) in [7, 11) is 0. The van der Waals surface area contributed by atoms with Crippen molar-refractivity contribution in [3.05, 3.63) is 35.4 Å². The van der Waals surface area contributed by atoms with E-state index in [1.165, 1.54) is 24.0 Å². The molecule has 0 aliphatic carbocycles. The molecule has 1 aromatic carbocycles. The van der Waals surface area contributed by atoms with E-state index >= 15 is 0 Å². The number of hydrogen-bond acceptors (Lipinski definition) is 1. The molecule has 0 aromatic heterocycles. The second kappa shape index (κ2) is 7.69. The minimum absolute atomic E-state index is 0.434. The molecule has 0 heterocycles. The predicted molar refractivity (Wildman–Crippen MR) is 85.4 cm³/mol. The Bertz CT molecular complexity index is 358. The third kappa shape index (κ3) is 5.78. The van der Waals surface area contributed by atoms with Crippen LogP contribution in [0.4, 0.5) is 0 Å². The smallest absolute Gasteiger partial charge is 0.0296 e. The molecule has 0 aliphatic heterocycles. The lowest BCUT2D eigenvalue weighted by Gasteiger charge is -2.27. The molecule has 0 fully saturated rings. The molecular weight excluding hydrogens is 230 g/mol. The molecule has 0 bridgehead atoms. The van der Waals surface area contributed by atoms with Crippen LogP contribution >= 0.6 is 0 Å².